The first-order valence-corrected chi connectivity index (χ1v) is 6.76. The molecule has 5 nitrogen and oxygen atoms in total. The summed E-state index contributed by atoms with van der Waals surface area (Å²) in [6.45, 7) is 4.25. The molecule has 0 aromatic heterocycles. The average molecular weight is 274 g/mol. The van der Waals surface area contributed by atoms with Crippen molar-refractivity contribution in [3.63, 3.8) is 0 Å². The number of anilines is 1. The van der Waals surface area contributed by atoms with E-state index in [1.54, 1.807) is 24.3 Å². The molecule has 2 rings (SSSR count). The van der Waals surface area contributed by atoms with Gasteiger partial charge in [-0.3, -0.25) is 4.79 Å². The zero-order valence-corrected chi connectivity index (χ0v) is 11.8. The van der Waals surface area contributed by atoms with Crippen LogP contribution in [0, 0.1) is 0 Å². The molecule has 1 aromatic carbocycles. The van der Waals surface area contributed by atoms with E-state index in [2.05, 4.69) is 5.10 Å². The van der Waals surface area contributed by atoms with Gasteiger partial charge in [0.2, 0.25) is 5.91 Å². The lowest BCUT2D eigenvalue weighted by Crippen LogP contribution is -2.30. The van der Waals surface area contributed by atoms with E-state index in [-0.39, 0.29) is 11.9 Å². The molecular weight excluding hydrogens is 256 g/mol. The highest BCUT2D eigenvalue weighted by atomic mass is 16.5. The Morgan fingerprint density at radius 3 is 2.65 bits per heavy atom. The predicted octanol–water partition coefficient (Wildman–Crippen LogP) is 2.76. The molecule has 0 radical (unpaired) electrons. The van der Waals surface area contributed by atoms with E-state index in [4.69, 9.17) is 4.74 Å². The maximum absolute atomic E-state index is 11.8. The van der Waals surface area contributed by atoms with Crippen molar-refractivity contribution >= 4 is 23.3 Å². The number of nitrogens with zero attached hydrogens (tertiary/aromatic N) is 2. The van der Waals surface area contributed by atoms with Crippen LogP contribution >= 0.6 is 0 Å². The minimum atomic E-state index is -0.344. The minimum absolute atomic E-state index is 0.0306. The number of rotatable bonds is 4. The van der Waals surface area contributed by atoms with Crippen LogP contribution in [0.25, 0.3) is 0 Å². The van der Waals surface area contributed by atoms with E-state index in [0.717, 1.165) is 12.1 Å². The summed E-state index contributed by atoms with van der Waals surface area (Å²) < 4.78 is 5.05. The third-order valence-electron chi connectivity index (χ3n) is 2.99. The summed E-state index contributed by atoms with van der Waals surface area (Å²) in [6.07, 6.45) is 1.96. The van der Waals surface area contributed by atoms with Crippen LogP contribution in [0.4, 0.5) is 5.69 Å². The van der Waals surface area contributed by atoms with Gasteiger partial charge in [0.25, 0.3) is 0 Å². The standard InChI is InChI=1S/C15H18N2O3/c1-3-10-20-15(19)12-5-7-13(8-6-12)17-14(18)9-4-11(2)16-17/h5-8H,3-4,9-10H2,1-2H3. The lowest BCUT2D eigenvalue weighted by molar-refractivity contribution is -0.118. The molecule has 0 bridgehead atoms. The van der Waals surface area contributed by atoms with E-state index in [1.807, 2.05) is 13.8 Å². The van der Waals surface area contributed by atoms with Crippen molar-refractivity contribution in [3.05, 3.63) is 29.8 Å². The molecule has 1 aromatic rings. The molecule has 1 aliphatic rings. The molecule has 0 saturated carbocycles. The fourth-order valence-electron chi connectivity index (χ4n) is 1.89. The zero-order chi connectivity index (χ0) is 14.5. The molecule has 0 aliphatic carbocycles. The summed E-state index contributed by atoms with van der Waals surface area (Å²) in [5.74, 6) is -0.375. The molecular formula is C15H18N2O3. The summed E-state index contributed by atoms with van der Waals surface area (Å²) in [6, 6.07) is 6.73. The zero-order valence-electron chi connectivity index (χ0n) is 11.8. The summed E-state index contributed by atoms with van der Waals surface area (Å²) in [5.41, 5.74) is 2.07. The molecule has 106 valence electrons. The molecule has 0 fully saturated rings. The van der Waals surface area contributed by atoms with Gasteiger partial charge in [-0.05, 0) is 44.0 Å². The fraction of sp³-hybridized carbons (Fsp3) is 0.400. The minimum Gasteiger partial charge on any atom is -0.462 e. The predicted molar refractivity (Wildman–Crippen MR) is 76.8 cm³/mol. The topological polar surface area (TPSA) is 59.0 Å². The van der Waals surface area contributed by atoms with Gasteiger partial charge in [0.05, 0.1) is 17.9 Å². The summed E-state index contributed by atoms with van der Waals surface area (Å²) in [7, 11) is 0. The number of hydrogen-bond acceptors (Lipinski definition) is 4. The van der Waals surface area contributed by atoms with Crippen LogP contribution in [0.3, 0.4) is 0 Å². The highest BCUT2D eigenvalue weighted by Crippen LogP contribution is 2.21. The molecule has 1 aliphatic heterocycles. The summed E-state index contributed by atoms with van der Waals surface area (Å²) >= 11 is 0. The first-order chi connectivity index (χ1) is 9.61. The fourth-order valence-corrected chi connectivity index (χ4v) is 1.89. The molecule has 1 amide bonds. The van der Waals surface area contributed by atoms with Crippen molar-refractivity contribution in [1.29, 1.82) is 0 Å². The number of hydrogen-bond donors (Lipinski definition) is 0. The molecule has 20 heavy (non-hydrogen) atoms. The van der Waals surface area contributed by atoms with E-state index in [0.29, 0.717) is 30.7 Å². The van der Waals surface area contributed by atoms with Crippen LogP contribution in [0.2, 0.25) is 0 Å². The highest BCUT2D eigenvalue weighted by Gasteiger charge is 2.20. The van der Waals surface area contributed by atoms with Gasteiger partial charge < -0.3 is 4.74 Å². The SMILES string of the molecule is CCCOC(=O)c1ccc(N2N=C(C)CCC2=O)cc1. The molecule has 0 atom stereocenters. The van der Waals surface area contributed by atoms with Crippen LogP contribution in [0.5, 0.6) is 0 Å². The maximum atomic E-state index is 11.8. The Morgan fingerprint density at radius 2 is 2.00 bits per heavy atom. The Morgan fingerprint density at radius 1 is 1.30 bits per heavy atom. The second kappa shape index (κ2) is 6.32. The van der Waals surface area contributed by atoms with Crippen molar-refractivity contribution in [2.45, 2.75) is 33.1 Å². The smallest absolute Gasteiger partial charge is 0.338 e. The van der Waals surface area contributed by atoms with E-state index in [9.17, 15) is 9.59 Å². The van der Waals surface area contributed by atoms with Gasteiger partial charge in [0.15, 0.2) is 0 Å². The highest BCUT2D eigenvalue weighted by molar-refractivity contribution is 6.01. The maximum Gasteiger partial charge on any atom is 0.338 e. The van der Waals surface area contributed by atoms with Gasteiger partial charge in [0.1, 0.15) is 0 Å². The number of benzene rings is 1. The van der Waals surface area contributed by atoms with Gasteiger partial charge >= 0.3 is 5.97 Å². The Balaban J connectivity index is 2.13. The second-order valence-corrected chi connectivity index (χ2v) is 4.72. The monoisotopic (exact) mass is 274 g/mol. The van der Waals surface area contributed by atoms with Gasteiger partial charge in [-0.15, -0.1) is 0 Å². The molecule has 0 spiro atoms. The second-order valence-electron chi connectivity index (χ2n) is 4.72. The number of hydrazone groups is 1. The quantitative estimate of drug-likeness (QED) is 0.793. The molecule has 0 N–H and O–H groups in total. The summed E-state index contributed by atoms with van der Waals surface area (Å²) in [5, 5.41) is 5.63. The van der Waals surface area contributed by atoms with Crippen molar-refractivity contribution in [2.24, 2.45) is 5.10 Å². The largest absolute Gasteiger partial charge is 0.462 e. The molecule has 0 unspecified atom stereocenters. The lowest BCUT2D eigenvalue weighted by Gasteiger charge is -2.22. The van der Waals surface area contributed by atoms with Gasteiger partial charge in [-0.2, -0.15) is 5.10 Å². The first-order valence-electron chi connectivity index (χ1n) is 6.76. The van der Waals surface area contributed by atoms with Crippen LogP contribution in [-0.4, -0.2) is 24.2 Å². The third kappa shape index (κ3) is 3.23. The van der Waals surface area contributed by atoms with Crippen LogP contribution in [-0.2, 0) is 9.53 Å². The average Bonchev–Trinajstić information content (AvgIpc) is 2.47. The summed E-state index contributed by atoms with van der Waals surface area (Å²) in [4.78, 5) is 23.5. The van der Waals surface area contributed by atoms with E-state index < -0.39 is 0 Å². The van der Waals surface area contributed by atoms with Crippen LogP contribution in [0.1, 0.15) is 43.5 Å². The lowest BCUT2D eigenvalue weighted by atomic mass is 10.1. The van der Waals surface area contributed by atoms with Gasteiger partial charge in [-0.25, -0.2) is 9.80 Å². The normalized spacial score (nSPS) is 15.0. The number of amides is 1. The van der Waals surface area contributed by atoms with Crippen molar-refractivity contribution < 1.29 is 14.3 Å². The molecule has 1 heterocycles. The van der Waals surface area contributed by atoms with Crippen LogP contribution < -0.4 is 5.01 Å². The number of carbonyl (C=O) groups is 2. The van der Waals surface area contributed by atoms with Gasteiger partial charge in [-0.1, -0.05) is 6.92 Å². The number of carbonyl (C=O) groups excluding carboxylic acids is 2. The molecule has 0 saturated heterocycles. The first kappa shape index (κ1) is 14.2. The Labute approximate surface area is 118 Å². The van der Waals surface area contributed by atoms with Crippen molar-refractivity contribution in [2.75, 3.05) is 11.6 Å². The number of esters is 1. The Hall–Kier alpha value is -2.17. The Kier molecular flexibility index (Phi) is 4.50. The molecule has 5 heteroatoms. The van der Waals surface area contributed by atoms with Crippen molar-refractivity contribution in [1.82, 2.24) is 0 Å². The third-order valence-corrected chi connectivity index (χ3v) is 2.99. The number of ether oxygens (including phenoxy) is 1. The van der Waals surface area contributed by atoms with E-state index >= 15 is 0 Å². The van der Waals surface area contributed by atoms with Crippen molar-refractivity contribution in [3.8, 4) is 0 Å². The van der Waals surface area contributed by atoms with Crippen LogP contribution in [0.15, 0.2) is 29.4 Å². The van der Waals surface area contributed by atoms with E-state index in [1.165, 1.54) is 5.01 Å². The van der Waals surface area contributed by atoms with Gasteiger partial charge in [0, 0.05) is 12.1 Å². The Bertz CT molecular complexity index is 535.